The average Bonchev–Trinajstić information content (AvgIpc) is 2.93. The number of aryl methyl sites for hydroxylation is 1. The number of amides is 2. The van der Waals surface area contributed by atoms with Crippen molar-refractivity contribution < 1.29 is 23.8 Å². The van der Waals surface area contributed by atoms with Crippen molar-refractivity contribution in [2.75, 3.05) is 19.7 Å². The molecule has 8 heteroatoms. The van der Waals surface area contributed by atoms with Crippen molar-refractivity contribution >= 4 is 22.8 Å². The Hall–Kier alpha value is -3.65. The van der Waals surface area contributed by atoms with E-state index in [1.807, 2.05) is 43.3 Å². The van der Waals surface area contributed by atoms with E-state index in [4.69, 9.17) is 9.15 Å². The fourth-order valence-electron chi connectivity index (χ4n) is 6.01. The van der Waals surface area contributed by atoms with Crippen LogP contribution in [-0.2, 0) is 16.0 Å². The number of hydrogen-bond donors (Lipinski definition) is 2. The Balaban J connectivity index is 1.18. The number of rotatable bonds is 7. The summed E-state index contributed by atoms with van der Waals surface area (Å²) in [6.07, 6.45) is 4.90. The summed E-state index contributed by atoms with van der Waals surface area (Å²) in [5.74, 6) is -0.0768. The third-order valence-corrected chi connectivity index (χ3v) is 8.34. The lowest BCUT2D eigenvalue weighted by Crippen LogP contribution is -2.57. The zero-order valence-electron chi connectivity index (χ0n) is 22.6. The third kappa shape index (κ3) is 5.86. The molecule has 1 aromatic heterocycles. The molecule has 0 spiro atoms. The van der Waals surface area contributed by atoms with Gasteiger partial charge in [-0.05, 0) is 56.4 Å². The molecule has 2 heterocycles. The number of piperidine rings is 1. The minimum Gasteiger partial charge on any atom is -0.484 e. The molecule has 206 valence electrons. The van der Waals surface area contributed by atoms with E-state index in [1.54, 1.807) is 24.0 Å². The maximum Gasteiger partial charge on any atom is 0.340 e. The maximum absolute atomic E-state index is 13.0. The lowest BCUT2D eigenvalue weighted by atomic mass is 9.71. The summed E-state index contributed by atoms with van der Waals surface area (Å²) in [7, 11) is 0. The number of carbonyl (C=O) groups excluding carboxylic acids is 2. The van der Waals surface area contributed by atoms with Crippen molar-refractivity contribution in [1.82, 2.24) is 10.2 Å². The highest BCUT2D eigenvalue weighted by Gasteiger charge is 2.44. The predicted octanol–water partition coefficient (Wildman–Crippen LogP) is 3.73. The van der Waals surface area contributed by atoms with Crippen LogP contribution in [0.5, 0.6) is 5.75 Å². The first kappa shape index (κ1) is 26.9. The van der Waals surface area contributed by atoms with Gasteiger partial charge in [0.15, 0.2) is 6.61 Å². The van der Waals surface area contributed by atoms with Crippen molar-refractivity contribution in [3.8, 4) is 5.75 Å². The average molecular weight is 533 g/mol. The van der Waals surface area contributed by atoms with Crippen molar-refractivity contribution in [3.63, 3.8) is 0 Å². The molecular weight excluding hydrogens is 496 g/mol. The van der Waals surface area contributed by atoms with Gasteiger partial charge in [0.2, 0.25) is 5.91 Å². The standard InChI is InChI=1S/C31H36N2O6/c1-20-25-12-11-24(17-27(25)39-30(36)26(20)16-22-8-4-3-5-9-22)38-19-28(34)32-21(2)29(35)33-15-14-31(37)13-7-6-10-23(31)18-33/h3-5,8-9,11-12,17,21,23,37H,6-7,10,13-16,18-19H2,1-2H3,(H,32,34)/t21-,23?,31?/m0/s1. The minimum absolute atomic E-state index is 0.0983. The van der Waals surface area contributed by atoms with Crippen LogP contribution in [0.3, 0.4) is 0 Å². The Morgan fingerprint density at radius 2 is 1.97 bits per heavy atom. The summed E-state index contributed by atoms with van der Waals surface area (Å²) in [4.78, 5) is 40.0. The molecule has 1 aliphatic carbocycles. The van der Waals surface area contributed by atoms with Crippen LogP contribution >= 0.6 is 0 Å². The summed E-state index contributed by atoms with van der Waals surface area (Å²) < 4.78 is 11.3. The minimum atomic E-state index is -0.698. The molecule has 0 bridgehead atoms. The first-order chi connectivity index (χ1) is 18.7. The zero-order chi connectivity index (χ0) is 27.6. The van der Waals surface area contributed by atoms with Gasteiger partial charge in [0.05, 0.1) is 5.60 Å². The highest BCUT2D eigenvalue weighted by Crippen LogP contribution is 2.39. The van der Waals surface area contributed by atoms with Gasteiger partial charge in [-0.25, -0.2) is 4.79 Å². The highest BCUT2D eigenvalue weighted by atomic mass is 16.5. The van der Waals surface area contributed by atoms with Crippen molar-refractivity contribution in [2.45, 2.75) is 64.0 Å². The Bertz CT molecular complexity index is 1420. The number of fused-ring (bicyclic) bond motifs is 2. The molecule has 3 aromatic rings. The first-order valence-corrected chi connectivity index (χ1v) is 13.8. The predicted molar refractivity (Wildman–Crippen MR) is 148 cm³/mol. The van der Waals surface area contributed by atoms with E-state index in [1.165, 1.54) is 0 Å². The van der Waals surface area contributed by atoms with Crippen LogP contribution in [0.15, 0.2) is 57.7 Å². The topological polar surface area (TPSA) is 109 Å². The SMILES string of the molecule is Cc1c(Cc2ccccc2)c(=O)oc2cc(OCC(=O)N[C@@H](C)C(=O)N3CCC4(O)CCCCC4C3)ccc12. The highest BCUT2D eigenvalue weighted by molar-refractivity contribution is 5.88. The van der Waals surface area contributed by atoms with Gasteiger partial charge < -0.3 is 24.5 Å². The van der Waals surface area contributed by atoms with Crippen LogP contribution in [0.25, 0.3) is 11.0 Å². The van der Waals surface area contributed by atoms with Crippen LogP contribution in [-0.4, -0.2) is 53.2 Å². The summed E-state index contributed by atoms with van der Waals surface area (Å²) in [5, 5.41) is 14.4. The second-order valence-electron chi connectivity index (χ2n) is 11.0. The number of likely N-dealkylation sites (tertiary alicyclic amines) is 1. The van der Waals surface area contributed by atoms with Gasteiger partial charge in [0, 0.05) is 42.4 Å². The summed E-state index contributed by atoms with van der Waals surface area (Å²) in [5.41, 5.74) is 1.84. The van der Waals surface area contributed by atoms with E-state index in [0.717, 1.165) is 42.2 Å². The van der Waals surface area contributed by atoms with Crippen molar-refractivity contribution in [2.24, 2.45) is 5.92 Å². The van der Waals surface area contributed by atoms with E-state index in [0.29, 0.717) is 42.8 Å². The van der Waals surface area contributed by atoms with Crippen LogP contribution in [0.4, 0.5) is 0 Å². The van der Waals surface area contributed by atoms with E-state index in [2.05, 4.69) is 5.32 Å². The molecule has 2 amide bonds. The number of ether oxygens (including phenoxy) is 1. The lowest BCUT2D eigenvalue weighted by Gasteiger charge is -2.47. The molecule has 0 radical (unpaired) electrons. The van der Waals surface area contributed by atoms with E-state index in [-0.39, 0.29) is 18.4 Å². The molecule has 8 nitrogen and oxygen atoms in total. The molecule has 39 heavy (non-hydrogen) atoms. The monoisotopic (exact) mass is 532 g/mol. The molecular formula is C31H36N2O6. The number of hydrogen-bond acceptors (Lipinski definition) is 6. The number of benzene rings is 2. The van der Waals surface area contributed by atoms with E-state index in [9.17, 15) is 19.5 Å². The molecule has 1 saturated heterocycles. The largest absolute Gasteiger partial charge is 0.484 e. The Labute approximate surface area is 228 Å². The van der Waals surface area contributed by atoms with Gasteiger partial charge >= 0.3 is 5.63 Å². The van der Waals surface area contributed by atoms with Crippen LogP contribution in [0.1, 0.15) is 55.7 Å². The lowest BCUT2D eigenvalue weighted by molar-refractivity contribution is -0.146. The van der Waals surface area contributed by atoms with Crippen molar-refractivity contribution in [1.29, 1.82) is 0 Å². The van der Waals surface area contributed by atoms with Crippen LogP contribution in [0, 0.1) is 12.8 Å². The van der Waals surface area contributed by atoms with Crippen LogP contribution in [0.2, 0.25) is 0 Å². The number of carbonyl (C=O) groups is 2. The summed E-state index contributed by atoms with van der Waals surface area (Å²) >= 11 is 0. The smallest absolute Gasteiger partial charge is 0.340 e. The van der Waals surface area contributed by atoms with Gasteiger partial charge in [0.1, 0.15) is 17.4 Å². The van der Waals surface area contributed by atoms with Gasteiger partial charge in [-0.3, -0.25) is 9.59 Å². The first-order valence-electron chi connectivity index (χ1n) is 13.8. The molecule has 2 N–H and O–H groups in total. The third-order valence-electron chi connectivity index (χ3n) is 8.34. The van der Waals surface area contributed by atoms with E-state index < -0.39 is 23.2 Å². The molecule has 3 atom stereocenters. The normalized spacial score (nSPS) is 21.7. The number of nitrogens with one attached hydrogen (secondary N) is 1. The molecule has 1 saturated carbocycles. The maximum atomic E-state index is 13.0. The summed E-state index contributed by atoms with van der Waals surface area (Å²) in [6, 6.07) is 14.2. The Morgan fingerprint density at radius 3 is 2.77 bits per heavy atom. The second kappa shape index (κ2) is 11.2. The molecule has 2 aliphatic rings. The molecule has 2 aromatic carbocycles. The van der Waals surface area contributed by atoms with Gasteiger partial charge in [-0.1, -0.05) is 43.2 Å². The zero-order valence-corrected chi connectivity index (χ0v) is 22.6. The van der Waals surface area contributed by atoms with Crippen LogP contribution < -0.4 is 15.7 Å². The molecule has 1 aliphatic heterocycles. The quantitative estimate of drug-likeness (QED) is 0.449. The molecule has 2 fully saturated rings. The molecule has 5 rings (SSSR count). The van der Waals surface area contributed by atoms with Gasteiger partial charge in [0.25, 0.3) is 5.91 Å². The number of nitrogens with zero attached hydrogens (tertiary/aromatic N) is 1. The van der Waals surface area contributed by atoms with Gasteiger partial charge in [-0.2, -0.15) is 0 Å². The van der Waals surface area contributed by atoms with Crippen molar-refractivity contribution in [3.05, 3.63) is 75.6 Å². The Morgan fingerprint density at radius 1 is 1.18 bits per heavy atom. The summed E-state index contributed by atoms with van der Waals surface area (Å²) in [6.45, 7) is 4.32. The fourth-order valence-corrected chi connectivity index (χ4v) is 6.01. The second-order valence-corrected chi connectivity index (χ2v) is 11.0. The van der Waals surface area contributed by atoms with Gasteiger partial charge in [-0.15, -0.1) is 0 Å². The Kier molecular flexibility index (Phi) is 7.75. The molecule has 2 unspecified atom stereocenters. The van der Waals surface area contributed by atoms with E-state index >= 15 is 0 Å². The number of aliphatic hydroxyl groups is 1. The fraction of sp³-hybridized carbons (Fsp3) is 0.452.